The molecule has 2 aromatic carbocycles. The number of rotatable bonds is 5. The van der Waals surface area contributed by atoms with Crippen LogP contribution < -0.4 is 20.9 Å². The zero-order chi connectivity index (χ0) is 24.9. The summed E-state index contributed by atoms with van der Waals surface area (Å²) >= 11 is 18.1. The summed E-state index contributed by atoms with van der Waals surface area (Å²) in [7, 11) is 2.13. The van der Waals surface area contributed by atoms with Gasteiger partial charge in [-0.3, -0.25) is 10.1 Å². The Hall–Kier alpha value is -3.11. The van der Waals surface area contributed by atoms with Crippen molar-refractivity contribution in [1.82, 2.24) is 14.9 Å². The zero-order valence-corrected chi connectivity index (χ0v) is 21.0. The molecule has 182 valence electrons. The Morgan fingerprint density at radius 1 is 0.914 bits per heavy atom. The molecule has 12 heteroatoms. The standard InChI is InChI=1S/C23H22Cl3N7O2/c1-32-6-8-33(9-7-32)22(34)14-2-4-16(5-3-14)29-19-12-20(28-13-27-19)30-23(35)31-21-17(25)10-15(24)11-18(21)26/h2-5,10-13H,6-9H2,1H3,(H3,27,28,29,30,31,35)/p+1. The molecule has 2 heterocycles. The van der Waals surface area contributed by atoms with E-state index in [0.29, 0.717) is 16.4 Å². The molecule has 0 atom stereocenters. The van der Waals surface area contributed by atoms with E-state index in [-0.39, 0.29) is 27.5 Å². The van der Waals surface area contributed by atoms with E-state index < -0.39 is 6.03 Å². The highest BCUT2D eigenvalue weighted by Gasteiger charge is 2.22. The van der Waals surface area contributed by atoms with Gasteiger partial charge in [0.15, 0.2) is 0 Å². The lowest BCUT2D eigenvalue weighted by Crippen LogP contribution is -3.12. The van der Waals surface area contributed by atoms with Crippen LogP contribution in [0, 0.1) is 0 Å². The second-order valence-corrected chi connectivity index (χ2v) is 9.31. The van der Waals surface area contributed by atoms with Crippen LogP contribution >= 0.6 is 34.8 Å². The van der Waals surface area contributed by atoms with E-state index >= 15 is 0 Å². The van der Waals surface area contributed by atoms with Crippen molar-refractivity contribution < 1.29 is 14.5 Å². The van der Waals surface area contributed by atoms with Gasteiger partial charge in [-0.15, -0.1) is 0 Å². The van der Waals surface area contributed by atoms with Crippen LogP contribution in [0.25, 0.3) is 0 Å². The molecular weight excluding hydrogens is 513 g/mol. The van der Waals surface area contributed by atoms with Crippen LogP contribution in [0.3, 0.4) is 0 Å². The van der Waals surface area contributed by atoms with E-state index in [0.717, 1.165) is 31.9 Å². The van der Waals surface area contributed by atoms with Gasteiger partial charge in [-0.05, 0) is 36.4 Å². The number of nitrogens with one attached hydrogen (secondary N) is 4. The lowest BCUT2D eigenvalue weighted by atomic mass is 10.1. The molecule has 1 aliphatic rings. The van der Waals surface area contributed by atoms with E-state index in [1.54, 1.807) is 30.3 Å². The van der Waals surface area contributed by atoms with E-state index in [1.807, 2.05) is 4.90 Å². The number of quaternary nitrogens is 1. The van der Waals surface area contributed by atoms with E-state index in [2.05, 4.69) is 33.0 Å². The van der Waals surface area contributed by atoms with Crippen molar-refractivity contribution in [2.75, 3.05) is 49.2 Å². The number of halogens is 3. The first kappa shape index (κ1) is 25.0. The Balaban J connectivity index is 1.37. The summed E-state index contributed by atoms with van der Waals surface area (Å²) < 4.78 is 0. The number of benzene rings is 2. The molecule has 0 saturated carbocycles. The third-order valence-corrected chi connectivity index (χ3v) is 6.28. The fourth-order valence-corrected chi connectivity index (χ4v) is 4.45. The van der Waals surface area contributed by atoms with Gasteiger partial charge >= 0.3 is 6.03 Å². The average Bonchev–Trinajstić information content (AvgIpc) is 2.82. The number of carbonyl (C=O) groups is 2. The van der Waals surface area contributed by atoms with Crippen LogP contribution in [0.2, 0.25) is 15.1 Å². The summed E-state index contributed by atoms with van der Waals surface area (Å²) in [6.07, 6.45) is 1.31. The number of nitrogens with zero attached hydrogens (tertiary/aromatic N) is 3. The van der Waals surface area contributed by atoms with Gasteiger partial charge in [0.2, 0.25) is 0 Å². The number of carbonyl (C=O) groups excluding carboxylic acids is 2. The highest BCUT2D eigenvalue weighted by Crippen LogP contribution is 2.33. The molecule has 1 aliphatic heterocycles. The monoisotopic (exact) mass is 534 g/mol. The summed E-state index contributed by atoms with van der Waals surface area (Å²) in [6.45, 7) is 3.41. The summed E-state index contributed by atoms with van der Waals surface area (Å²) in [4.78, 5) is 36.7. The van der Waals surface area contributed by atoms with E-state index in [1.165, 1.54) is 23.4 Å². The van der Waals surface area contributed by atoms with Gasteiger partial charge in [-0.25, -0.2) is 14.8 Å². The van der Waals surface area contributed by atoms with E-state index in [9.17, 15) is 9.59 Å². The molecule has 4 N–H and O–H groups in total. The molecule has 35 heavy (non-hydrogen) atoms. The number of amides is 3. The normalized spacial score (nSPS) is 13.9. The Kier molecular flexibility index (Phi) is 7.92. The highest BCUT2D eigenvalue weighted by atomic mass is 35.5. The van der Waals surface area contributed by atoms with Gasteiger partial charge in [-0.2, -0.15) is 0 Å². The van der Waals surface area contributed by atoms with Crippen molar-refractivity contribution in [1.29, 1.82) is 0 Å². The highest BCUT2D eigenvalue weighted by molar-refractivity contribution is 6.42. The van der Waals surface area contributed by atoms with Gasteiger partial charge in [0.25, 0.3) is 5.91 Å². The first-order valence-corrected chi connectivity index (χ1v) is 11.9. The average molecular weight is 536 g/mol. The van der Waals surface area contributed by atoms with Gasteiger partial charge < -0.3 is 20.4 Å². The molecule has 4 rings (SSSR count). The first-order valence-electron chi connectivity index (χ1n) is 10.8. The summed E-state index contributed by atoms with van der Waals surface area (Å²) in [5.41, 5.74) is 1.60. The molecule has 0 radical (unpaired) electrons. The molecular formula is C23H23Cl3N7O2+. The van der Waals surface area contributed by atoms with Gasteiger partial charge in [0, 0.05) is 22.3 Å². The fourth-order valence-electron chi connectivity index (χ4n) is 3.53. The largest absolute Gasteiger partial charge is 0.340 e. The van der Waals surface area contributed by atoms with Crippen LogP contribution in [0.1, 0.15) is 10.4 Å². The number of urea groups is 1. The first-order chi connectivity index (χ1) is 16.8. The third kappa shape index (κ3) is 6.52. The molecule has 1 saturated heterocycles. The molecule has 0 bridgehead atoms. The fraction of sp³-hybridized carbons (Fsp3) is 0.217. The minimum Gasteiger partial charge on any atom is -0.340 e. The lowest BCUT2D eigenvalue weighted by molar-refractivity contribution is -0.883. The smallest absolute Gasteiger partial charge is 0.324 e. The summed E-state index contributed by atoms with van der Waals surface area (Å²) in [6, 6.07) is 11.1. The predicted octanol–water partition coefficient (Wildman–Crippen LogP) is 3.79. The molecule has 0 aliphatic carbocycles. The maximum atomic E-state index is 12.7. The number of aromatic nitrogens is 2. The van der Waals surface area contributed by atoms with Crippen LogP contribution in [0.4, 0.5) is 27.8 Å². The second-order valence-electron chi connectivity index (χ2n) is 8.06. The molecule has 1 fully saturated rings. The number of anilines is 4. The maximum absolute atomic E-state index is 12.7. The Morgan fingerprint density at radius 2 is 1.54 bits per heavy atom. The summed E-state index contributed by atoms with van der Waals surface area (Å²) in [5.74, 6) is 0.744. The van der Waals surface area contributed by atoms with Crippen molar-refractivity contribution in [2.24, 2.45) is 0 Å². The quantitative estimate of drug-likeness (QED) is 0.398. The maximum Gasteiger partial charge on any atom is 0.324 e. The minimum atomic E-state index is -0.589. The number of hydrogen-bond acceptors (Lipinski definition) is 5. The van der Waals surface area contributed by atoms with E-state index in [4.69, 9.17) is 34.8 Å². The molecule has 1 aromatic heterocycles. The predicted molar refractivity (Wildman–Crippen MR) is 138 cm³/mol. The van der Waals surface area contributed by atoms with Gasteiger partial charge in [-0.1, -0.05) is 34.8 Å². The molecule has 9 nitrogen and oxygen atoms in total. The third-order valence-electron chi connectivity index (χ3n) is 5.46. The number of piperazine rings is 1. The summed E-state index contributed by atoms with van der Waals surface area (Å²) in [5, 5.41) is 9.09. The Labute approximate surface area is 217 Å². The van der Waals surface area contributed by atoms with Crippen molar-refractivity contribution in [3.63, 3.8) is 0 Å². The second kappa shape index (κ2) is 11.1. The van der Waals surface area contributed by atoms with Crippen molar-refractivity contribution in [3.8, 4) is 0 Å². The zero-order valence-electron chi connectivity index (χ0n) is 18.7. The van der Waals surface area contributed by atoms with Crippen molar-refractivity contribution >= 4 is 69.8 Å². The van der Waals surface area contributed by atoms with Crippen molar-refractivity contribution in [3.05, 3.63) is 69.4 Å². The number of hydrogen-bond donors (Lipinski definition) is 4. The molecule has 0 unspecified atom stereocenters. The van der Waals surface area contributed by atoms with Crippen LogP contribution in [0.15, 0.2) is 48.8 Å². The van der Waals surface area contributed by atoms with Crippen molar-refractivity contribution in [2.45, 2.75) is 0 Å². The van der Waals surface area contributed by atoms with Crippen LogP contribution in [0.5, 0.6) is 0 Å². The van der Waals surface area contributed by atoms with Gasteiger partial charge in [0.1, 0.15) is 18.0 Å². The minimum absolute atomic E-state index is 0.0319. The van der Waals surface area contributed by atoms with Crippen LogP contribution in [-0.4, -0.2) is 60.0 Å². The Bertz CT molecular complexity index is 1210. The van der Waals surface area contributed by atoms with Gasteiger partial charge in [0.05, 0.1) is 49.0 Å². The Morgan fingerprint density at radius 3 is 2.20 bits per heavy atom. The SMILES string of the molecule is C[NH+]1CCN(C(=O)c2ccc(Nc3cc(NC(=O)Nc4c(Cl)cc(Cl)cc4Cl)ncn3)cc2)CC1. The lowest BCUT2D eigenvalue weighted by Gasteiger charge is -2.30. The van der Waals surface area contributed by atoms with Crippen LogP contribution in [-0.2, 0) is 0 Å². The number of likely N-dealkylation sites (N-methyl/N-ethyl adjacent to an activating group) is 1. The molecule has 3 amide bonds. The molecule has 3 aromatic rings. The topological polar surface area (TPSA) is 104 Å². The molecule has 0 spiro atoms.